The zero-order valence-corrected chi connectivity index (χ0v) is 14.3. The summed E-state index contributed by atoms with van der Waals surface area (Å²) in [6.07, 6.45) is -2.28. The number of halogens is 3. The highest BCUT2D eigenvalue weighted by Gasteiger charge is 2.50. The number of esters is 1. The van der Waals surface area contributed by atoms with Gasteiger partial charge in [-0.1, -0.05) is 30.0 Å². The molecule has 0 spiro atoms. The number of hydrogen-bond donors (Lipinski definition) is 1. The van der Waals surface area contributed by atoms with Crippen molar-refractivity contribution < 1.29 is 27.6 Å². The van der Waals surface area contributed by atoms with Crippen LogP contribution in [0.2, 0.25) is 0 Å². The van der Waals surface area contributed by atoms with Gasteiger partial charge in [0.05, 0.1) is 25.8 Å². The van der Waals surface area contributed by atoms with Crippen LogP contribution in [0, 0.1) is 11.8 Å². The molecule has 0 radical (unpaired) electrons. The molecule has 1 N–H and O–H groups in total. The second-order valence-corrected chi connectivity index (χ2v) is 7.60. The molecule has 0 aromatic heterocycles. The predicted octanol–water partition coefficient (Wildman–Crippen LogP) is 2.36. The van der Waals surface area contributed by atoms with Crippen molar-refractivity contribution >= 4 is 17.7 Å². The molecule has 3 heterocycles. The van der Waals surface area contributed by atoms with Gasteiger partial charge in [0.15, 0.2) is 0 Å². The fourth-order valence-corrected chi connectivity index (χ4v) is 5.42. The largest absolute Gasteiger partial charge is 0.469 e. The van der Waals surface area contributed by atoms with Crippen molar-refractivity contribution in [3.63, 3.8) is 0 Å². The molecule has 24 heavy (non-hydrogen) atoms. The maximum Gasteiger partial charge on any atom is 0.416 e. The Balaban J connectivity index is 1.72. The van der Waals surface area contributed by atoms with Crippen molar-refractivity contribution in [1.82, 2.24) is 0 Å². The van der Waals surface area contributed by atoms with E-state index in [9.17, 15) is 18.0 Å². The highest BCUT2D eigenvalue weighted by atomic mass is 32.2. The van der Waals surface area contributed by atoms with Crippen LogP contribution in [0.5, 0.6) is 0 Å². The first-order chi connectivity index (χ1) is 11.4. The van der Waals surface area contributed by atoms with Crippen LogP contribution in [-0.2, 0) is 21.5 Å². The van der Waals surface area contributed by atoms with Crippen molar-refractivity contribution in [3.8, 4) is 0 Å². The zero-order chi connectivity index (χ0) is 17.3. The molecule has 2 atom stereocenters. The number of quaternary nitrogens is 1. The monoisotopic (exact) mass is 360 g/mol. The molecular formula is C17H21F3NO2S+. The third kappa shape index (κ3) is 3.57. The molecule has 0 aliphatic carbocycles. The molecule has 4 rings (SSSR count). The summed E-state index contributed by atoms with van der Waals surface area (Å²) >= 11 is 1.58. The summed E-state index contributed by atoms with van der Waals surface area (Å²) < 4.78 is 43.5. The lowest BCUT2D eigenvalue weighted by Gasteiger charge is -2.46. The number of fused-ring (bicyclic) bond motifs is 3. The van der Waals surface area contributed by atoms with Crippen LogP contribution in [-0.4, -0.2) is 31.5 Å². The molecule has 132 valence electrons. The van der Waals surface area contributed by atoms with Gasteiger partial charge >= 0.3 is 12.1 Å². The van der Waals surface area contributed by atoms with Crippen LogP contribution in [0.4, 0.5) is 13.2 Å². The number of piperidine rings is 3. The molecule has 3 fully saturated rings. The van der Waals surface area contributed by atoms with Crippen LogP contribution in [0.1, 0.15) is 24.0 Å². The number of rotatable bonds is 4. The van der Waals surface area contributed by atoms with Crippen molar-refractivity contribution in [3.05, 3.63) is 35.4 Å². The predicted molar refractivity (Wildman–Crippen MR) is 85.5 cm³/mol. The molecule has 3 nitrogen and oxygen atoms in total. The molecule has 2 bridgehead atoms. The third-order valence-corrected chi connectivity index (χ3v) is 6.55. The molecule has 3 aliphatic rings. The quantitative estimate of drug-likeness (QED) is 0.837. The SMILES string of the molecule is COC(=O)[C@H]1C2CC[NH+](CC2)[C@H]1SCc1cccc(C(F)(F)F)c1. The van der Waals surface area contributed by atoms with Crippen LogP contribution >= 0.6 is 11.8 Å². The van der Waals surface area contributed by atoms with Gasteiger partial charge in [0.2, 0.25) is 0 Å². The number of thioether (sulfide) groups is 1. The lowest BCUT2D eigenvalue weighted by atomic mass is 9.79. The Morgan fingerprint density at radius 2 is 2.04 bits per heavy atom. The molecule has 7 heteroatoms. The van der Waals surface area contributed by atoms with Gasteiger partial charge in [-0.3, -0.25) is 4.79 Å². The summed E-state index contributed by atoms with van der Waals surface area (Å²) in [5.41, 5.74) is 0.0171. The number of methoxy groups -OCH3 is 1. The molecule has 1 aromatic carbocycles. The Kier molecular flexibility index (Phi) is 5.11. The smallest absolute Gasteiger partial charge is 0.416 e. The molecule has 0 amide bonds. The number of carbonyl (C=O) groups is 1. The topological polar surface area (TPSA) is 30.7 Å². The number of alkyl halides is 3. The van der Waals surface area contributed by atoms with E-state index in [1.807, 2.05) is 0 Å². The lowest BCUT2D eigenvalue weighted by molar-refractivity contribution is -0.930. The van der Waals surface area contributed by atoms with Gasteiger partial charge in [0, 0.05) is 18.6 Å². The van der Waals surface area contributed by atoms with E-state index in [0.717, 1.165) is 32.0 Å². The number of benzene rings is 1. The van der Waals surface area contributed by atoms with Crippen LogP contribution < -0.4 is 4.90 Å². The van der Waals surface area contributed by atoms with Gasteiger partial charge in [0.1, 0.15) is 11.3 Å². The minimum Gasteiger partial charge on any atom is -0.469 e. The Morgan fingerprint density at radius 3 is 2.67 bits per heavy atom. The molecule has 1 aromatic rings. The van der Waals surface area contributed by atoms with Crippen molar-refractivity contribution in [2.45, 2.75) is 30.1 Å². The van der Waals surface area contributed by atoms with Crippen LogP contribution in [0.15, 0.2) is 24.3 Å². The summed E-state index contributed by atoms with van der Waals surface area (Å²) in [4.78, 5) is 13.5. The molecule has 3 saturated heterocycles. The summed E-state index contributed by atoms with van der Waals surface area (Å²) in [5, 5.41) is 0.0690. The fraction of sp³-hybridized carbons (Fsp3) is 0.588. The third-order valence-electron chi connectivity index (χ3n) is 5.07. The zero-order valence-electron chi connectivity index (χ0n) is 13.4. The van der Waals surface area contributed by atoms with E-state index in [1.165, 1.54) is 24.1 Å². The first-order valence-electron chi connectivity index (χ1n) is 8.10. The van der Waals surface area contributed by atoms with Gasteiger partial charge in [-0.15, -0.1) is 0 Å². The van der Waals surface area contributed by atoms with Crippen LogP contribution in [0.3, 0.4) is 0 Å². The Bertz CT molecular complexity index is 600. The number of carbonyl (C=O) groups excluding carboxylic acids is 1. The van der Waals surface area contributed by atoms with Crippen molar-refractivity contribution in [2.75, 3.05) is 20.2 Å². The Hall–Kier alpha value is -1.21. The normalized spacial score (nSPS) is 29.5. The van der Waals surface area contributed by atoms with E-state index in [4.69, 9.17) is 4.74 Å². The molecular weight excluding hydrogens is 339 g/mol. The maximum atomic E-state index is 12.8. The average molecular weight is 360 g/mol. The van der Waals surface area contributed by atoms with Gasteiger partial charge in [-0.05, 0) is 17.5 Å². The second kappa shape index (κ2) is 6.96. The van der Waals surface area contributed by atoms with E-state index >= 15 is 0 Å². The highest BCUT2D eigenvalue weighted by molar-refractivity contribution is 7.98. The van der Waals surface area contributed by atoms with Gasteiger partial charge in [0.25, 0.3) is 0 Å². The number of ether oxygens (including phenoxy) is 1. The minimum absolute atomic E-state index is 0.0690. The summed E-state index contributed by atoms with van der Waals surface area (Å²) in [5.74, 6) is 0.480. The van der Waals surface area contributed by atoms with Gasteiger partial charge in [-0.25, -0.2) is 0 Å². The maximum absolute atomic E-state index is 12.8. The second-order valence-electron chi connectivity index (χ2n) is 6.47. The number of hydrogen-bond acceptors (Lipinski definition) is 3. The first-order valence-corrected chi connectivity index (χ1v) is 9.15. The van der Waals surface area contributed by atoms with Crippen LogP contribution in [0.25, 0.3) is 0 Å². The van der Waals surface area contributed by atoms with E-state index in [2.05, 4.69) is 0 Å². The Labute approximate surface area is 143 Å². The van der Waals surface area contributed by atoms with E-state index < -0.39 is 11.7 Å². The summed E-state index contributed by atoms with van der Waals surface area (Å²) in [6.45, 7) is 2.05. The lowest BCUT2D eigenvalue weighted by Crippen LogP contribution is -3.19. The minimum atomic E-state index is -4.33. The molecule has 3 aliphatic heterocycles. The first kappa shape index (κ1) is 17.6. The van der Waals surface area contributed by atoms with E-state index in [1.54, 1.807) is 17.8 Å². The summed E-state index contributed by atoms with van der Waals surface area (Å²) in [7, 11) is 1.41. The highest BCUT2D eigenvalue weighted by Crippen LogP contribution is 2.36. The van der Waals surface area contributed by atoms with E-state index in [-0.39, 0.29) is 17.3 Å². The van der Waals surface area contributed by atoms with Crippen molar-refractivity contribution in [1.29, 1.82) is 0 Å². The van der Waals surface area contributed by atoms with Gasteiger partial charge in [-0.2, -0.15) is 13.2 Å². The fourth-order valence-electron chi connectivity index (χ4n) is 3.85. The Morgan fingerprint density at radius 1 is 1.33 bits per heavy atom. The summed E-state index contributed by atoms with van der Waals surface area (Å²) in [6, 6.07) is 5.44. The molecule has 0 saturated carbocycles. The average Bonchev–Trinajstić information content (AvgIpc) is 2.59. The number of nitrogens with one attached hydrogen (secondary N) is 1. The van der Waals surface area contributed by atoms with Gasteiger partial charge < -0.3 is 9.64 Å². The molecule has 0 unspecified atom stereocenters. The van der Waals surface area contributed by atoms with Crippen molar-refractivity contribution in [2.24, 2.45) is 11.8 Å². The van der Waals surface area contributed by atoms with E-state index in [0.29, 0.717) is 17.2 Å². The standard InChI is InChI=1S/C17H20F3NO2S/c1-23-16(22)14-12-5-7-21(8-6-12)15(14)24-10-11-3-2-4-13(9-11)17(18,19)20/h2-4,9,12,14-15H,5-8,10H2,1H3/p+1/t14-,15-/m0/s1.